The van der Waals surface area contributed by atoms with E-state index < -0.39 is 0 Å². The molecule has 0 amide bonds. The van der Waals surface area contributed by atoms with Crippen molar-refractivity contribution in [3.8, 4) is 0 Å². The first kappa shape index (κ1) is 11.2. The molecule has 1 aliphatic heterocycles. The first-order valence-corrected chi connectivity index (χ1v) is 6.45. The van der Waals surface area contributed by atoms with Crippen molar-refractivity contribution in [1.82, 2.24) is 9.97 Å². The molecule has 17 heavy (non-hydrogen) atoms. The molecule has 1 aliphatic carbocycles. The zero-order chi connectivity index (χ0) is 11.9. The molecule has 1 saturated carbocycles. The van der Waals surface area contributed by atoms with Crippen LogP contribution in [0.2, 0.25) is 5.15 Å². The fourth-order valence-electron chi connectivity index (χ4n) is 3.34. The molecular weight excluding hydrogens is 238 g/mol. The minimum absolute atomic E-state index is 0.0947. The lowest BCUT2D eigenvalue weighted by Crippen LogP contribution is -2.31. The van der Waals surface area contributed by atoms with Crippen LogP contribution in [0.25, 0.3) is 0 Å². The Bertz CT molecular complexity index is 428. The standard InChI is InChI=1S/C12H16ClN3O/c13-10-4-11(15-8-14-10)16-5-9-2-1-3-12(9,6-16)7-17/h4,8-9,17H,1-3,5-7H2/t9-,12+/m0/s1. The summed E-state index contributed by atoms with van der Waals surface area (Å²) in [5, 5.41) is 10.1. The number of nitrogens with zero attached hydrogens (tertiary/aromatic N) is 3. The monoisotopic (exact) mass is 253 g/mol. The molecule has 0 aromatic carbocycles. The quantitative estimate of drug-likeness (QED) is 0.816. The van der Waals surface area contributed by atoms with Crippen LogP contribution in [0.1, 0.15) is 19.3 Å². The third-order valence-electron chi connectivity index (χ3n) is 4.30. The van der Waals surface area contributed by atoms with E-state index in [1.54, 1.807) is 6.07 Å². The van der Waals surface area contributed by atoms with E-state index in [0.29, 0.717) is 11.1 Å². The maximum atomic E-state index is 9.66. The summed E-state index contributed by atoms with van der Waals surface area (Å²) in [7, 11) is 0. The normalized spacial score (nSPS) is 31.9. The Labute approximate surface area is 106 Å². The van der Waals surface area contributed by atoms with E-state index in [9.17, 15) is 5.11 Å². The summed E-state index contributed by atoms with van der Waals surface area (Å²) in [6, 6.07) is 1.80. The van der Waals surface area contributed by atoms with Gasteiger partial charge in [-0.3, -0.25) is 0 Å². The second-order valence-corrected chi connectivity index (χ2v) is 5.58. The third-order valence-corrected chi connectivity index (χ3v) is 4.50. The van der Waals surface area contributed by atoms with E-state index in [1.165, 1.54) is 19.2 Å². The van der Waals surface area contributed by atoms with Gasteiger partial charge in [-0.15, -0.1) is 0 Å². The number of hydrogen-bond donors (Lipinski definition) is 1. The zero-order valence-electron chi connectivity index (χ0n) is 9.64. The molecule has 1 N–H and O–H groups in total. The van der Waals surface area contributed by atoms with Crippen molar-refractivity contribution < 1.29 is 5.11 Å². The van der Waals surface area contributed by atoms with Crippen LogP contribution in [0.5, 0.6) is 0 Å². The highest BCUT2D eigenvalue weighted by atomic mass is 35.5. The molecule has 4 nitrogen and oxygen atoms in total. The summed E-state index contributed by atoms with van der Waals surface area (Å²) < 4.78 is 0. The van der Waals surface area contributed by atoms with Crippen LogP contribution in [-0.4, -0.2) is 34.8 Å². The average Bonchev–Trinajstić information content (AvgIpc) is 2.85. The summed E-state index contributed by atoms with van der Waals surface area (Å²) in [6.07, 6.45) is 5.08. The van der Waals surface area contributed by atoms with Gasteiger partial charge in [0.2, 0.25) is 0 Å². The molecular formula is C12H16ClN3O. The van der Waals surface area contributed by atoms with E-state index in [-0.39, 0.29) is 12.0 Å². The van der Waals surface area contributed by atoms with Crippen molar-refractivity contribution >= 4 is 17.4 Å². The first-order chi connectivity index (χ1) is 8.23. The van der Waals surface area contributed by atoms with Gasteiger partial charge in [-0.05, 0) is 18.8 Å². The highest BCUT2D eigenvalue weighted by molar-refractivity contribution is 6.29. The highest BCUT2D eigenvalue weighted by Gasteiger charge is 2.49. The summed E-state index contributed by atoms with van der Waals surface area (Å²) in [5.41, 5.74) is 0.0947. The first-order valence-electron chi connectivity index (χ1n) is 6.07. The molecule has 2 heterocycles. The Kier molecular flexibility index (Phi) is 2.71. The van der Waals surface area contributed by atoms with Gasteiger partial charge in [-0.2, -0.15) is 0 Å². The van der Waals surface area contributed by atoms with Crippen molar-refractivity contribution in [3.63, 3.8) is 0 Å². The second-order valence-electron chi connectivity index (χ2n) is 5.19. The van der Waals surface area contributed by atoms with E-state index in [2.05, 4.69) is 14.9 Å². The number of aliphatic hydroxyl groups excluding tert-OH is 1. The largest absolute Gasteiger partial charge is 0.396 e. The number of aliphatic hydroxyl groups is 1. The molecule has 1 aromatic heterocycles. The van der Waals surface area contributed by atoms with Gasteiger partial charge in [0.15, 0.2) is 0 Å². The molecule has 0 radical (unpaired) electrons. The summed E-state index contributed by atoms with van der Waals surface area (Å²) in [6.45, 7) is 2.16. The van der Waals surface area contributed by atoms with Crippen molar-refractivity contribution in [2.45, 2.75) is 19.3 Å². The molecule has 5 heteroatoms. The molecule has 2 fully saturated rings. The van der Waals surface area contributed by atoms with E-state index in [1.807, 2.05) is 0 Å². The van der Waals surface area contributed by atoms with E-state index >= 15 is 0 Å². The summed E-state index contributed by atoms with van der Waals surface area (Å²) in [5.74, 6) is 1.48. The van der Waals surface area contributed by atoms with Gasteiger partial charge in [0.25, 0.3) is 0 Å². The lowest BCUT2D eigenvalue weighted by atomic mass is 9.82. The van der Waals surface area contributed by atoms with Gasteiger partial charge >= 0.3 is 0 Å². The van der Waals surface area contributed by atoms with Gasteiger partial charge in [-0.1, -0.05) is 18.0 Å². The van der Waals surface area contributed by atoms with Crippen LogP contribution in [0, 0.1) is 11.3 Å². The molecule has 3 rings (SSSR count). The maximum Gasteiger partial charge on any atom is 0.134 e. The Morgan fingerprint density at radius 2 is 2.41 bits per heavy atom. The molecule has 1 aromatic rings. The fourth-order valence-corrected chi connectivity index (χ4v) is 3.49. The molecule has 0 unspecified atom stereocenters. The number of anilines is 1. The number of aromatic nitrogens is 2. The predicted octanol–water partition coefficient (Wildman–Crippen LogP) is 1.73. The number of halogens is 1. The van der Waals surface area contributed by atoms with Crippen molar-refractivity contribution in [2.75, 3.05) is 24.6 Å². The van der Waals surface area contributed by atoms with Gasteiger partial charge in [-0.25, -0.2) is 9.97 Å². The molecule has 2 aliphatic rings. The molecule has 92 valence electrons. The summed E-state index contributed by atoms with van der Waals surface area (Å²) in [4.78, 5) is 10.4. The molecule has 0 bridgehead atoms. The van der Waals surface area contributed by atoms with Crippen molar-refractivity contribution in [2.24, 2.45) is 11.3 Å². The van der Waals surface area contributed by atoms with Gasteiger partial charge < -0.3 is 10.0 Å². The fraction of sp³-hybridized carbons (Fsp3) is 0.667. The van der Waals surface area contributed by atoms with Crippen LogP contribution < -0.4 is 4.90 Å². The topological polar surface area (TPSA) is 49.2 Å². The average molecular weight is 254 g/mol. The zero-order valence-corrected chi connectivity index (χ0v) is 10.4. The Morgan fingerprint density at radius 3 is 3.12 bits per heavy atom. The molecule has 1 saturated heterocycles. The summed E-state index contributed by atoms with van der Waals surface area (Å²) >= 11 is 5.89. The lowest BCUT2D eigenvalue weighted by Gasteiger charge is -2.26. The second kappa shape index (κ2) is 4.10. The van der Waals surface area contributed by atoms with Crippen molar-refractivity contribution in [1.29, 1.82) is 0 Å². The lowest BCUT2D eigenvalue weighted by molar-refractivity contribution is 0.121. The van der Waals surface area contributed by atoms with Crippen LogP contribution in [-0.2, 0) is 0 Å². The van der Waals surface area contributed by atoms with Crippen LogP contribution in [0.4, 0.5) is 5.82 Å². The number of rotatable bonds is 2. The van der Waals surface area contributed by atoms with Crippen LogP contribution >= 0.6 is 11.6 Å². The van der Waals surface area contributed by atoms with Gasteiger partial charge in [0.05, 0.1) is 6.61 Å². The minimum Gasteiger partial charge on any atom is -0.396 e. The number of hydrogen-bond acceptors (Lipinski definition) is 4. The van der Waals surface area contributed by atoms with Gasteiger partial charge in [0.1, 0.15) is 17.3 Å². The Hall–Kier alpha value is -0.870. The molecule has 2 atom stereocenters. The minimum atomic E-state index is 0.0947. The third kappa shape index (κ3) is 1.79. The highest BCUT2D eigenvalue weighted by Crippen LogP contribution is 2.49. The molecule has 0 spiro atoms. The maximum absolute atomic E-state index is 9.66. The smallest absolute Gasteiger partial charge is 0.134 e. The van der Waals surface area contributed by atoms with Crippen LogP contribution in [0.3, 0.4) is 0 Å². The van der Waals surface area contributed by atoms with Gasteiger partial charge in [0, 0.05) is 24.6 Å². The predicted molar refractivity (Wildman–Crippen MR) is 66.1 cm³/mol. The Morgan fingerprint density at radius 1 is 1.53 bits per heavy atom. The van der Waals surface area contributed by atoms with Crippen molar-refractivity contribution in [3.05, 3.63) is 17.5 Å². The van der Waals surface area contributed by atoms with E-state index in [0.717, 1.165) is 25.3 Å². The number of fused-ring (bicyclic) bond motifs is 1. The van der Waals surface area contributed by atoms with E-state index in [4.69, 9.17) is 11.6 Å². The van der Waals surface area contributed by atoms with Crippen LogP contribution in [0.15, 0.2) is 12.4 Å². The SMILES string of the molecule is OC[C@]12CCC[C@H]1CN(c1cc(Cl)ncn1)C2. The Balaban J connectivity index is 1.84.